The molecule has 0 aliphatic heterocycles. The summed E-state index contributed by atoms with van der Waals surface area (Å²) < 4.78 is 21.3. The third-order valence-electron chi connectivity index (χ3n) is 3.49. The lowest BCUT2D eigenvalue weighted by molar-refractivity contribution is 0.0520. The van der Waals surface area contributed by atoms with Gasteiger partial charge in [0.15, 0.2) is 5.65 Å². The quantitative estimate of drug-likeness (QED) is 0.751. The van der Waals surface area contributed by atoms with Crippen molar-refractivity contribution in [2.45, 2.75) is 13.8 Å². The van der Waals surface area contributed by atoms with E-state index in [-0.39, 0.29) is 18.1 Å². The van der Waals surface area contributed by atoms with Gasteiger partial charge in [-0.1, -0.05) is 12.1 Å². The van der Waals surface area contributed by atoms with E-state index in [9.17, 15) is 9.18 Å². The Labute approximate surface area is 131 Å². The number of aromatic nitrogens is 3. The Hall–Kier alpha value is -2.96. The minimum atomic E-state index is -0.669. The standard InChI is InChI=1S/C16H15FN4O2/c1-3-23-15(22)13-9(2)4-5-11(14(13)17)10-6-7-21-12(8-10)19-16(18)20-21/h4-8H,3H2,1-2H3,(H2,18,20). The summed E-state index contributed by atoms with van der Waals surface area (Å²) in [6.45, 7) is 3.53. The molecule has 7 heteroatoms. The lowest BCUT2D eigenvalue weighted by Gasteiger charge is -2.11. The van der Waals surface area contributed by atoms with E-state index < -0.39 is 11.8 Å². The molecule has 0 bridgehead atoms. The van der Waals surface area contributed by atoms with E-state index >= 15 is 0 Å². The Balaban J connectivity index is 2.14. The van der Waals surface area contributed by atoms with E-state index in [0.29, 0.717) is 22.3 Å². The van der Waals surface area contributed by atoms with E-state index in [1.165, 1.54) is 4.52 Å². The first-order valence-corrected chi connectivity index (χ1v) is 7.09. The van der Waals surface area contributed by atoms with E-state index in [4.69, 9.17) is 10.5 Å². The molecule has 0 radical (unpaired) electrons. The molecule has 0 unspecified atom stereocenters. The summed E-state index contributed by atoms with van der Waals surface area (Å²) in [4.78, 5) is 16.0. The monoisotopic (exact) mass is 314 g/mol. The van der Waals surface area contributed by atoms with Crippen molar-refractivity contribution >= 4 is 17.6 Å². The zero-order valence-electron chi connectivity index (χ0n) is 12.7. The van der Waals surface area contributed by atoms with Crippen molar-refractivity contribution in [3.8, 4) is 11.1 Å². The van der Waals surface area contributed by atoms with Crippen LogP contribution < -0.4 is 5.73 Å². The van der Waals surface area contributed by atoms with Gasteiger partial charge in [-0.25, -0.2) is 13.7 Å². The molecule has 0 saturated heterocycles. The van der Waals surface area contributed by atoms with Gasteiger partial charge >= 0.3 is 5.97 Å². The van der Waals surface area contributed by atoms with Gasteiger partial charge in [-0.05, 0) is 37.1 Å². The van der Waals surface area contributed by atoms with E-state index in [2.05, 4.69) is 10.1 Å². The number of hydrogen-bond acceptors (Lipinski definition) is 5. The van der Waals surface area contributed by atoms with Crippen LogP contribution in [0.1, 0.15) is 22.8 Å². The number of halogens is 1. The number of carbonyl (C=O) groups is 1. The molecule has 0 atom stereocenters. The Bertz CT molecular complexity index is 904. The number of nitrogens with two attached hydrogens (primary N) is 1. The molecule has 0 spiro atoms. The van der Waals surface area contributed by atoms with Crippen LogP contribution in [0.4, 0.5) is 10.3 Å². The van der Waals surface area contributed by atoms with Gasteiger partial charge in [0.1, 0.15) is 5.82 Å². The van der Waals surface area contributed by atoms with E-state index in [1.807, 2.05) is 0 Å². The van der Waals surface area contributed by atoms with Crippen molar-refractivity contribution in [2.24, 2.45) is 0 Å². The van der Waals surface area contributed by atoms with E-state index in [1.54, 1.807) is 44.3 Å². The molecule has 2 aromatic heterocycles. The Kier molecular flexibility index (Phi) is 3.69. The lowest BCUT2D eigenvalue weighted by Crippen LogP contribution is -2.10. The van der Waals surface area contributed by atoms with Crippen molar-refractivity contribution in [1.29, 1.82) is 0 Å². The molecular formula is C16H15FN4O2. The zero-order valence-corrected chi connectivity index (χ0v) is 12.7. The average Bonchev–Trinajstić information content (AvgIpc) is 2.86. The predicted molar refractivity (Wildman–Crippen MR) is 83.5 cm³/mol. The predicted octanol–water partition coefficient (Wildman–Crippen LogP) is 2.60. The lowest BCUT2D eigenvalue weighted by atomic mass is 9.99. The van der Waals surface area contributed by atoms with Crippen LogP contribution in [-0.4, -0.2) is 27.2 Å². The van der Waals surface area contributed by atoms with Crippen molar-refractivity contribution in [3.05, 3.63) is 47.4 Å². The van der Waals surface area contributed by atoms with Gasteiger partial charge in [-0.3, -0.25) is 0 Å². The van der Waals surface area contributed by atoms with Crippen LogP contribution in [0.5, 0.6) is 0 Å². The molecular weight excluding hydrogens is 299 g/mol. The zero-order chi connectivity index (χ0) is 16.6. The summed E-state index contributed by atoms with van der Waals surface area (Å²) >= 11 is 0. The highest BCUT2D eigenvalue weighted by atomic mass is 19.1. The molecule has 1 aromatic carbocycles. The minimum absolute atomic E-state index is 0.0507. The maximum absolute atomic E-state index is 14.8. The Morgan fingerprint density at radius 2 is 2.17 bits per heavy atom. The molecule has 0 saturated carbocycles. The average molecular weight is 314 g/mol. The number of aryl methyl sites for hydroxylation is 1. The Morgan fingerprint density at radius 3 is 2.91 bits per heavy atom. The van der Waals surface area contributed by atoms with Crippen molar-refractivity contribution in [2.75, 3.05) is 12.3 Å². The van der Waals surface area contributed by atoms with Crippen LogP contribution in [0, 0.1) is 12.7 Å². The topological polar surface area (TPSA) is 82.5 Å². The van der Waals surface area contributed by atoms with Gasteiger partial charge in [0.05, 0.1) is 12.2 Å². The second kappa shape index (κ2) is 5.68. The van der Waals surface area contributed by atoms with Crippen LogP contribution in [0.3, 0.4) is 0 Å². The second-order valence-corrected chi connectivity index (χ2v) is 5.03. The molecule has 3 rings (SSSR count). The van der Waals surface area contributed by atoms with Gasteiger partial charge in [-0.2, -0.15) is 4.98 Å². The normalized spacial score (nSPS) is 10.9. The fourth-order valence-corrected chi connectivity index (χ4v) is 2.42. The number of ether oxygens (including phenoxy) is 1. The number of rotatable bonds is 3. The van der Waals surface area contributed by atoms with Gasteiger partial charge in [0, 0.05) is 11.8 Å². The smallest absolute Gasteiger partial charge is 0.341 e. The molecule has 6 nitrogen and oxygen atoms in total. The highest BCUT2D eigenvalue weighted by Crippen LogP contribution is 2.28. The number of nitrogens with zero attached hydrogens (tertiary/aromatic N) is 3. The number of carbonyl (C=O) groups excluding carboxylic acids is 1. The fraction of sp³-hybridized carbons (Fsp3) is 0.188. The summed E-state index contributed by atoms with van der Waals surface area (Å²) in [7, 11) is 0. The van der Waals surface area contributed by atoms with Gasteiger partial charge in [-0.15, -0.1) is 5.10 Å². The van der Waals surface area contributed by atoms with Crippen molar-refractivity contribution in [3.63, 3.8) is 0 Å². The number of anilines is 1. The number of fused-ring (bicyclic) bond motifs is 1. The first kappa shape index (κ1) is 15.0. The highest BCUT2D eigenvalue weighted by molar-refractivity contribution is 5.93. The van der Waals surface area contributed by atoms with E-state index in [0.717, 1.165) is 0 Å². The molecule has 0 aliphatic carbocycles. The molecule has 23 heavy (non-hydrogen) atoms. The maximum atomic E-state index is 14.8. The third-order valence-corrected chi connectivity index (χ3v) is 3.49. The highest BCUT2D eigenvalue weighted by Gasteiger charge is 2.20. The SMILES string of the molecule is CCOC(=O)c1c(C)ccc(-c2ccn3nc(N)nc3c2)c1F. The summed E-state index contributed by atoms with van der Waals surface area (Å²) in [5.74, 6) is -1.14. The van der Waals surface area contributed by atoms with Gasteiger partial charge in [0.2, 0.25) is 5.95 Å². The van der Waals surface area contributed by atoms with Gasteiger partial charge < -0.3 is 10.5 Å². The molecule has 0 fully saturated rings. The molecule has 3 aromatic rings. The summed E-state index contributed by atoms with van der Waals surface area (Å²) in [5.41, 5.74) is 7.39. The van der Waals surface area contributed by atoms with Crippen LogP contribution in [0.25, 0.3) is 16.8 Å². The number of benzene rings is 1. The van der Waals surface area contributed by atoms with Crippen LogP contribution in [0.15, 0.2) is 30.5 Å². The van der Waals surface area contributed by atoms with Gasteiger partial charge in [0.25, 0.3) is 0 Å². The summed E-state index contributed by atoms with van der Waals surface area (Å²) in [5, 5.41) is 3.97. The molecule has 0 aliphatic rings. The fourth-order valence-electron chi connectivity index (χ4n) is 2.42. The summed E-state index contributed by atoms with van der Waals surface area (Å²) in [6, 6.07) is 6.65. The number of pyridine rings is 1. The second-order valence-electron chi connectivity index (χ2n) is 5.03. The largest absolute Gasteiger partial charge is 0.462 e. The summed E-state index contributed by atoms with van der Waals surface area (Å²) in [6.07, 6.45) is 1.64. The van der Waals surface area contributed by atoms with Crippen molar-refractivity contribution < 1.29 is 13.9 Å². The number of nitrogen functional groups attached to an aromatic ring is 1. The molecule has 2 heterocycles. The first-order chi connectivity index (χ1) is 11.0. The molecule has 118 valence electrons. The first-order valence-electron chi connectivity index (χ1n) is 7.09. The minimum Gasteiger partial charge on any atom is -0.462 e. The molecule has 0 amide bonds. The van der Waals surface area contributed by atoms with Crippen LogP contribution >= 0.6 is 0 Å². The Morgan fingerprint density at radius 1 is 1.39 bits per heavy atom. The maximum Gasteiger partial charge on any atom is 0.341 e. The number of hydrogen-bond donors (Lipinski definition) is 1. The van der Waals surface area contributed by atoms with Crippen molar-refractivity contribution in [1.82, 2.24) is 14.6 Å². The molecule has 2 N–H and O–H groups in total. The number of esters is 1. The van der Waals surface area contributed by atoms with Crippen LogP contribution in [0.2, 0.25) is 0 Å². The third kappa shape index (κ3) is 2.61. The van der Waals surface area contributed by atoms with Crippen LogP contribution in [-0.2, 0) is 4.74 Å².